The van der Waals surface area contributed by atoms with E-state index in [1.54, 1.807) is 6.20 Å². The smallest absolute Gasteiger partial charge is 0.134 e. The SMILES string of the molecule is Nc1ncncc1-c1ccc(OCc2ccccc2)cc1. The number of ether oxygens (including phenoxy) is 1. The summed E-state index contributed by atoms with van der Waals surface area (Å²) in [6, 6.07) is 17.8. The van der Waals surface area contributed by atoms with E-state index in [0.29, 0.717) is 12.4 Å². The van der Waals surface area contributed by atoms with Gasteiger partial charge < -0.3 is 10.5 Å². The molecule has 1 heterocycles. The van der Waals surface area contributed by atoms with Gasteiger partial charge in [-0.15, -0.1) is 0 Å². The maximum atomic E-state index is 5.84. The monoisotopic (exact) mass is 277 g/mol. The number of nitrogens with zero attached hydrogens (tertiary/aromatic N) is 2. The van der Waals surface area contributed by atoms with Crippen molar-refractivity contribution < 1.29 is 4.74 Å². The summed E-state index contributed by atoms with van der Waals surface area (Å²) in [5.74, 6) is 1.29. The summed E-state index contributed by atoms with van der Waals surface area (Å²) < 4.78 is 5.75. The zero-order chi connectivity index (χ0) is 14.5. The molecule has 0 unspecified atom stereocenters. The lowest BCUT2D eigenvalue weighted by Crippen LogP contribution is -1.96. The number of benzene rings is 2. The largest absolute Gasteiger partial charge is 0.489 e. The van der Waals surface area contributed by atoms with Crippen molar-refractivity contribution >= 4 is 5.82 Å². The Morgan fingerprint density at radius 3 is 2.43 bits per heavy atom. The summed E-state index contributed by atoms with van der Waals surface area (Å²) in [5.41, 5.74) is 8.78. The van der Waals surface area contributed by atoms with Gasteiger partial charge in [-0.2, -0.15) is 0 Å². The van der Waals surface area contributed by atoms with Crippen molar-refractivity contribution in [3.05, 3.63) is 72.7 Å². The fourth-order valence-electron chi connectivity index (χ4n) is 2.03. The molecule has 0 atom stereocenters. The van der Waals surface area contributed by atoms with Crippen LogP contribution >= 0.6 is 0 Å². The fourth-order valence-corrected chi connectivity index (χ4v) is 2.03. The number of anilines is 1. The zero-order valence-corrected chi connectivity index (χ0v) is 11.4. The molecule has 0 aliphatic heterocycles. The minimum absolute atomic E-state index is 0.475. The molecule has 0 aliphatic carbocycles. The average Bonchev–Trinajstić information content (AvgIpc) is 2.55. The Morgan fingerprint density at radius 1 is 0.952 bits per heavy atom. The molecular weight excluding hydrogens is 262 g/mol. The molecule has 0 bridgehead atoms. The third-order valence-electron chi connectivity index (χ3n) is 3.16. The molecule has 0 amide bonds. The number of hydrogen-bond donors (Lipinski definition) is 1. The highest BCUT2D eigenvalue weighted by Crippen LogP contribution is 2.25. The molecule has 0 saturated carbocycles. The minimum atomic E-state index is 0.475. The normalized spacial score (nSPS) is 10.3. The molecule has 2 N–H and O–H groups in total. The van der Waals surface area contributed by atoms with Gasteiger partial charge in [0.2, 0.25) is 0 Å². The fraction of sp³-hybridized carbons (Fsp3) is 0.0588. The maximum Gasteiger partial charge on any atom is 0.134 e. The van der Waals surface area contributed by atoms with Gasteiger partial charge in [-0.25, -0.2) is 9.97 Å². The van der Waals surface area contributed by atoms with Crippen molar-refractivity contribution in [3.8, 4) is 16.9 Å². The average molecular weight is 277 g/mol. The van der Waals surface area contributed by atoms with E-state index < -0.39 is 0 Å². The number of hydrogen-bond acceptors (Lipinski definition) is 4. The first-order chi connectivity index (χ1) is 10.3. The van der Waals surface area contributed by atoms with Crippen LogP contribution in [0.2, 0.25) is 0 Å². The van der Waals surface area contributed by atoms with E-state index in [-0.39, 0.29) is 0 Å². The molecule has 0 radical (unpaired) electrons. The summed E-state index contributed by atoms with van der Waals surface area (Å²) in [6.07, 6.45) is 3.15. The molecular formula is C17H15N3O. The maximum absolute atomic E-state index is 5.84. The molecule has 2 aromatic carbocycles. The Hall–Kier alpha value is -2.88. The van der Waals surface area contributed by atoms with E-state index in [9.17, 15) is 0 Å². The van der Waals surface area contributed by atoms with E-state index >= 15 is 0 Å². The lowest BCUT2D eigenvalue weighted by atomic mass is 10.1. The molecule has 1 aromatic heterocycles. The van der Waals surface area contributed by atoms with Gasteiger partial charge in [0.05, 0.1) is 0 Å². The summed E-state index contributed by atoms with van der Waals surface area (Å²) in [5, 5.41) is 0. The third-order valence-corrected chi connectivity index (χ3v) is 3.16. The van der Waals surface area contributed by atoms with E-state index in [1.165, 1.54) is 6.33 Å². The van der Waals surface area contributed by atoms with Crippen molar-refractivity contribution in [1.29, 1.82) is 0 Å². The number of aromatic nitrogens is 2. The second kappa shape index (κ2) is 6.05. The Labute approximate surface area is 123 Å². The highest BCUT2D eigenvalue weighted by Gasteiger charge is 2.04. The van der Waals surface area contributed by atoms with Crippen LogP contribution in [0.1, 0.15) is 5.56 Å². The van der Waals surface area contributed by atoms with Crippen LogP contribution in [0.5, 0.6) is 5.75 Å². The predicted octanol–water partition coefficient (Wildman–Crippen LogP) is 3.30. The zero-order valence-electron chi connectivity index (χ0n) is 11.4. The Balaban J connectivity index is 1.71. The van der Waals surface area contributed by atoms with Crippen molar-refractivity contribution in [2.24, 2.45) is 0 Å². The molecule has 3 rings (SSSR count). The quantitative estimate of drug-likeness (QED) is 0.794. The van der Waals surface area contributed by atoms with Crippen molar-refractivity contribution in [2.75, 3.05) is 5.73 Å². The van der Waals surface area contributed by atoms with Gasteiger partial charge in [0.25, 0.3) is 0 Å². The second-order valence-corrected chi connectivity index (χ2v) is 4.62. The van der Waals surface area contributed by atoms with Crippen molar-refractivity contribution in [1.82, 2.24) is 9.97 Å². The van der Waals surface area contributed by atoms with Crippen molar-refractivity contribution in [2.45, 2.75) is 6.61 Å². The molecule has 0 saturated heterocycles. The van der Waals surface area contributed by atoms with Gasteiger partial charge in [0.1, 0.15) is 24.5 Å². The molecule has 104 valence electrons. The van der Waals surface area contributed by atoms with Gasteiger partial charge in [-0.05, 0) is 23.3 Å². The van der Waals surface area contributed by atoms with E-state index in [4.69, 9.17) is 10.5 Å². The Bertz CT molecular complexity index is 712. The van der Waals surface area contributed by atoms with Crippen LogP contribution in [0, 0.1) is 0 Å². The van der Waals surface area contributed by atoms with Gasteiger partial charge in [0.15, 0.2) is 0 Å². The number of nitrogens with two attached hydrogens (primary N) is 1. The highest BCUT2D eigenvalue weighted by molar-refractivity contribution is 5.72. The number of nitrogen functional groups attached to an aromatic ring is 1. The first kappa shape index (κ1) is 13.1. The molecule has 4 nitrogen and oxygen atoms in total. The van der Waals surface area contributed by atoms with Crippen LogP contribution in [0.15, 0.2) is 67.1 Å². The van der Waals surface area contributed by atoms with Gasteiger partial charge in [-0.1, -0.05) is 42.5 Å². The standard InChI is InChI=1S/C17H15N3O/c18-17-16(10-19-12-20-17)14-6-8-15(9-7-14)21-11-13-4-2-1-3-5-13/h1-10,12H,11H2,(H2,18,19,20). The predicted molar refractivity (Wildman–Crippen MR) is 82.7 cm³/mol. The van der Waals surface area contributed by atoms with Crippen LogP contribution in [0.3, 0.4) is 0 Å². The first-order valence-electron chi connectivity index (χ1n) is 6.65. The van der Waals surface area contributed by atoms with Crippen LogP contribution in [-0.4, -0.2) is 9.97 Å². The van der Waals surface area contributed by atoms with E-state index in [0.717, 1.165) is 22.4 Å². The van der Waals surface area contributed by atoms with Crippen LogP contribution in [0.4, 0.5) is 5.82 Å². The van der Waals surface area contributed by atoms with Crippen LogP contribution < -0.4 is 10.5 Å². The summed E-state index contributed by atoms with van der Waals surface area (Å²) >= 11 is 0. The molecule has 0 fully saturated rings. The van der Waals surface area contributed by atoms with Gasteiger partial charge >= 0.3 is 0 Å². The lowest BCUT2D eigenvalue weighted by Gasteiger charge is -2.08. The Kier molecular flexibility index (Phi) is 3.78. The van der Waals surface area contributed by atoms with Gasteiger partial charge in [-0.3, -0.25) is 0 Å². The number of rotatable bonds is 4. The van der Waals surface area contributed by atoms with Gasteiger partial charge in [0, 0.05) is 11.8 Å². The summed E-state index contributed by atoms with van der Waals surface area (Å²) in [6.45, 7) is 0.552. The molecule has 4 heteroatoms. The summed E-state index contributed by atoms with van der Waals surface area (Å²) in [7, 11) is 0. The highest BCUT2D eigenvalue weighted by atomic mass is 16.5. The molecule has 0 spiro atoms. The second-order valence-electron chi connectivity index (χ2n) is 4.62. The molecule has 0 aliphatic rings. The van der Waals surface area contributed by atoms with E-state index in [1.807, 2.05) is 54.6 Å². The molecule has 21 heavy (non-hydrogen) atoms. The van der Waals surface area contributed by atoms with E-state index in [2.05, 4.69) is 9.97 Å². The van der Waals surface area contributed by atoms with Crippen LogP contribution in [-0.2, 0) is 6.61 Å². The van der Waals surface area contributed by atoms with Crippen LogP contribution in [0.25, 0.3) is 11.1 Å². The lowest BCUT2D eigenvalue weighted by molar-refractivity contribution is 0.306. The van der Waals surface area contributed by atoms with Crippen molar-refractivity contribution in [3.63, 3.8) is 0 Å². The topological polar surface area (TPSA) is 61.0 Å². The third kappa shape index (κ3) is 3.17. The minimum Gasteiger partial charge on any atom is -0.489 e. The first-order valence-corrected chi connectivity index (χ1v) is 6.65. The summed E-state index contributed by atoms with van der Waals surface area (Å²) in [4.78, 5) is 7.99. The Morgan fingerprint density at radius 2 is 1.71 bits per heavy atom. The molecule has 3 aromatic rings.